The van der Waals surface area contributed by atoms with E-state index in [2.05, 4.69) is 12.6 Å². The number of methoxy groups -OCH3 is 1. The summed E-state index contributed by atoms with van der Waals surface area (Å²) >= 11 is 0. The lowest BCUT2D eigenvalue weighted by atomic mass is 10.0. The van der Waals surface area contributed by atoms with Gasteiger partial charge in [-0.2, -0.15) is 0 Å². The van der Waals surface area contributed by atoms with Crippen LogP contribution in [0.3, 0.4) is 0 Å². The Bertz CT molecular complexity index is 521. The summed E-state index contributed by atoms with van der Waals surface area (Å²) in [7, 11) is 1.66. The van der Waals surface area contributed by atoms with Crippen molar-refractivity contribution >= 4 is 16.5 Å². The van der Waals surface area contributed by atoms with E-state index in [1.54, 1.807) is 13.4 Å². The quantitative estimate of drug-likeness (QED) is 0.739. The Morgan fingerprint density at radius 3 is 2.73 bits per heavy atom. The second-order valence-corrected chi connectivity index (χ2v) is 3.75. The van der Waals surface area contributed by atoms with Crippen LogP contribution in [0.25, 0.3) is 16.5 Å². The number of allylic oxidation sites excluding steroid dienone is 1. The maximum atomic E-state index is 5.42. The Morgan fingerprint density at radius 1 is 1.40 bits per heavy atom. The number of rotatable bonds is 2. The number of aryl methyl sites for hydroxylation is 1. The lowest BCUT2D eigenvalue weighted by molar-refractivity contribution is 0.413. The van der Waals surface area contributed by atoms with Gasteiger partial charge in [-0.25, -0.2) is 0 Å². The number of ether oxygens (including phenoxy) is 1. The molecule has 1 heterocycles. The van der Waals surface area contributed by atoms with Crippen LogP contribution in [0, 0.1) is 6.92 Å². The third-order valence-corrected chi connectivity index (χ3v) is 2.55. The third-order valence-electron chi connectivity index (χ3n) is 2.55. The predicted octanol–water partition coefficient (Wildman–Crippen LogP) is 3.78. The Kier molecular flexibility index (Phi) is 2.27. The van der Waals surface area contributed by atoms with E-state index in [1.807, 2.05) is 19.9 Å². The highest BCUT2D eigenvalue weighted by Crippen LogP contribution is 2.32. The van der Waals surface area contributed by atoms with Crippen molar-refractivity contribution in [2.45, 2.75) is 13.8 Å². The Labute approximate surface area is 89.2 Å². The zero-order chi connectivity index (χ0) is 11.0. The molecule has 2 nitrogen and oxygen atoms in total. The van der Waals surface area contributed by atoms with Gasteiger partial charge >= 0.3 is 0 Å². The van der Waals surface area contributed by atoms with Crippen LogP contribution in [0.2, 0.25) is 0 Å². The van der Waals surface area contributed by atoms with Crippen LogP contribution in [0.1, 0.15) is 18.1 Å². The predicted molar refractivity (Wildman–Crippen MR) is 62.2 cm³/mol. The molecule has 0 aliphatic carbocycles. The molecule has 2 aromatic rings. The average molecular weight is 202 g/mol. The van der Waals surface area contributed by atoms with E-state index in [0.29, 0.717) is 0 Å². The highest BCUT2D eigenvalue weighted by atomic mass is 16.5. The fourth-order valence-corrected chi connectivity index (χ4v) is 1.68. The molecular weight excluding hydrogens is 188 g/mol. The van der Waals surface area contributed by atoms with Crippen LogP contribution in [0.4, 0.5) is 0 Å². The van der Waals surface area contributed by atoms with Gasteiger partial charge in [0.15, 0.2) is 0 Å². The molecule has 0 unspecified atom stereocenters. The molecule has 2 heteroatoms. The van der Waals surface area contributed by atoms with Crippen LogP contribution < -0.4 is 4.74 Å². The summed E-state index contributed by atoms with van der Waals surface area (Å²) in [6.45, 7) is 7.94. The maximum absolute atomic E-state index is 5.42. The van der Waals surface area contributed by atoms with Crippen LogP contribution in [0.5, 0.6) is 5.75 Å². The van der Waals surface area contributed by atoms with Gasteiger partial charge in [-0.1, -0.05) is 6.58 Å². The molecule has 0 amide bonds. The topological polar surface area (TPSA) is 22.4 Å². The van der Waals surface area contributed by atoms with Crippen molar-refractivity contribution in [1.29, 1.82) is 0 Å². The molecule has 0 saturated heterocycles. The highest BCUT2D eigenvalue weighted by molar-refractivity contribution is 5.87. The van der Waals surface area contributed by atoms with Crippen molar-refractivity contribution in [2.24, 2.45) is 0 Å². The van der Waals surface area contributed by atoms with E-state index in [9.17, 15) is 0 Å². The Balaban J connectivity index is 2.77. The first-order chi connectivity index (χ1) is 7.13. The summed E-state index contributed by atoms with van der Waals surface area (Å²) in [5, 5.41) is 1.12. The zero-order valence-electron chi connectivity index (χ0n) is 9.26. The third kappa shape index (κ3) is 1.52. The van der Waals surface area contributed by atoms with Gasteiger partial charge in [0.25, 0.3) is 0 Å². The molecule has 15 heavy (non-hydrogen) atoms. The largest absolute Gasteiger partial charge is 0.496 e. The standard InChI is InChI=1S/C13H14O2/c1-8(2)10-5-11-9(3)7-15-13(11)6-12(10)14-4/h5-7H,1H2,2-4H3. The van der Waals surface area contributed by atoms with Crippen LogP contribution >= 0.6 is 0 Å². The fraction of sp³-hybridized carbons (Fsp3) is 0.231. The number of furan rings is 1. The minimum absolute atomic E-state index is 0.810. The van der Waals surface area contributed by atoms with Gasteiger partial charge in [0.1, 0.15) is 11.3 Å². The average Bonchev–Trinajstić information content (AvgIpc) is 2.58. The molecule has 2 rings (SSSR count). The highest BCUT2D eigenvalue weighted by Gasteiger charge is 2.09. The summed E-state index contributed by atoms with van der Waals surface area (Å²) in [5.74, 6) is 0.810. The molecule has 0 atom stereocenters. The second kappa shape index (κ2) is 3.46. The van der Waals surface area contributed by atoms with Crippen molar-refractivity contribution in [1.82, 2.24) is 0 Å². The van der Waals surface area contributed by atoms with Gasteiger partial charge in [0.2, 0.25) is 0 Å². The smallest absolute Gasteiger partial charge is 0.137 e. The molecule has 1 aromatic carbocycles. The van der Waals surface area contributed by atoms with Gasteiger partial charge in [-0.05, 0) is 31.1 Å². The van der Waals surface area contributed by atoms with Gasteiger partial charge in [-0.15, -0.1) is 0 Å². The van der Waals surface area contributed by atoms with Gasteiger partial charge < -0.3 is 9.15 Å². The lowest BCUT2D eigenvalue weighted by Crippen LogP contribution is -1.89. The summed E-state index contributed by atoms with van der Waals surface area (Å²) in [5.41, 5.74) is 4.02. The number of benzene rings is 1. The van der Waals surface area contributed by atoms with E-state index >= 15 is 0 Å². The fourth-order valence-electron chi connectivity index (χ4n) is 1.68. The van der Waals surface area contributed by atoms with Crippen molar-refractivity contribution in [2.75, 3.05) is 7.11 Å². The van der Waals surface area contributed by atoms with Crippen molar-refractivity contribution in [3.63, 3.8) is 0 Å². The first kappa shape index (κ1) is 9.84. The molecule has 0 spiro atoms. The summed E-state index contributed by atoms with van der Waals surface area (Å²) < 4.78 is 10.7. The normalized spacial score (nSPS) is 10.6. The zero-order valence-corrected chi connectivity index (χ0v) is 9.26. The molecule has 0 saturated carbocycles. The van der Waals surface area contributed by atoms with Crippen molar-refractivity contribution < 1.29 is 9.15 Å². The molecule has 1 aromatic heterocycles. The molecule has 0 aliphatic rings. The lowest BCUT2D eigenvalue weighted by Gasteiger charge is -2.07. The monoisotopic (exact) mass is 202 g/mol. The van der Waals surface area contributed by atoms with Crippen LogP contribution in [-0.2, 0) is 0 Å². The minimum Gasteiger partial charge on any atom is -0.496 e. The molecule has 0 fully saturated rings. The second-order valence-electron chi connectivity index (χ2n) is 3.75. The SMILES string of the molecule is C=C(C)c1cc2c(C)coc2cc1OC. The summed E-state index contributed by atoms with van der Waals surface area (Å²) in [6.07, 6.45) is 1.76. The van der Waals surface area contributed by atoms with E-state index in [4.69, 9.17) is 9.15 Å². The minimum atomic E-state index is 0.810. The van der Waals surface area contributed by atoms with E-state index in [1.165, 1.54) is 0 Å². The van der Waals surface area contributed by atoms with E-state index < -0.39 is 0 Å². The van der Waals surface area contributed by atoms with Crippen LogP contribution in [0.15, 0.2) is 29.4 Å². The maximum Gasteiger partial charge on any atom is 0.137 e. The van der Waals surface area contributed by atoms with Crippen LogP contribution in [-0.4, -0.2) is 7.11 Å². The van der Waals surface area contributed by atoms with Crippen molar-refractivity contribution in [3.8, 4) is 5.75 Å². The van der Waals surface area contributed by atoms with E-state index in [-0.39, 0.29) is 0 Å². The number of hydrogen-bond acceptors (Lipinski definition) is 2. The molecule has 0 radical (unpaired) electrons. The first-order valence-corrected chi connectivity index (χ1v) is 4.85. The molecule has 78 valence electrons. The van der Waals surface area contributed by atoms with Gasteiger partial charge in [0, 0.05) is 17.0 Å². The van der Waals surface area contributed by atoms with Gasteiger partial charge in [0.05, 0.1) is 13.4 Å². The van der Waals surface area contributed by atoms with Gasteiger partial charge in [-0.3, -0.25) is 0 Å². The van der Waals surface area contributed by atoms with E-state index in [0.717, 1.165) is 33.4 Å². The van der Waals surface area contributed by atoms with Crippen molar-refractivity contribution in [3.05, 3.63) is 36.1 Å². The molecule has 0 bridgehead atoms. The first-order valence-electron chi connectivity index (χ1n) is 4.85. The molecule has 0 N–H and O–H groups in total. The molecular formula is C13H14O2. The number of hydrogen-bond donors (Lipinski definition) is 0. The Morgan fingerprint density at radius 2 is 2.13 bits per heavy atom. The molecule has 0 aliphatic heterocycles. The summed E-state index contributed by atoms with van der Waals surface area (Å²) in [4.78, 5) is 0. The number of fused-ring (bicyclic) bond motifs is 1. The Hall–Kier alpha value is -1.70. The summed E-state index contributed by atoms with van der Waals surface area (Å²) in [6, 6.07) is 3.97.